The molecule has 0 aliphatic carbocycles. The van der Waals surface area contributed by atoms with Crippen LogP contribution >= 0.6 is 0 Å². The van der Waals surface area contributed by atoms with E-state index in [0.29, 0.717) is 12.4 Å². The maximum Gasteiger partial charge on any atom is 0.140 e. The van der Waals surface area contributed by atoms with Crippen LogP contribution in [0, 0.1) is 0 Å². The van der Waals surface area contributed by atoms with Crippen molar-refractivity contribution in [2.75, 3.05) is 5.84 Å². The van der Waals surface area contributed by atoms with E-state index >= 15 is 0 Å². The molecule has 0 spiro atoms. The van der Waals surface area contributed by atoms with Gasteiger partial charge < -0.3 is 11.6 Å². The smallest absolute Gasteiger partial charge is 0.140 e. The molecule has 4 heteroatoms. The van der Waals surface area contributed by atoms with E-state index in [1.165, 1.54) is 4.68 Å². The largest absolute Gasteiger partial charge is 0.338 e. The lowest BCUT2D eigenvalue weighted by atomic mass is 10.6. The standard InChI is InChI=1S/C4H8N4/c5-3-4-7-1-2-8(4)6/h1-2H,3,5-6H2. The molecular weight excluding hydrogens is 104 g/mol. The van der Waals surface area contributed by atoms with Crippen molar-refractivity contribution in [1.29, 1.82) is 0 Å². The van der Waals surface area contributed by atoms with E-state index in [1.54, 1.807) is 12.4 Å². The van der Waals surface area contributed by atoms with E-state index in [9.17, 15) is 0 Å². The summed E-state index contributed by atoms with van der Waals surface area (Å²) in [5, 5.41) is 0. The van der Waals surface area contributed by atoms with Gasteiger partial charge in [0.05, 0.1) is 6.54 Å². The van der Waals surface area contributed by atoms with Crippen molar-refractivity contribution in [1.82, 2.24) is 9.66 Å². The molecule has 0 aliphatic rings. The third-order valence-corrected chi connectivity index (χ3v) is 0.931. The zero-order chi connectivity index (χ0) is 5.98. The third-order valence-electron chi connectivity index (χ3n) is 0.931. The number of rotatable bonds is 1. The van der Waals surface area contributed by atoms with Gasteiger partial charge in [-0.1, -0.05) is 0 Å². The minimum Gasteiger partial charge on any atom is -0.338 e. The lowest BCUT2D eigenvalue weighted by Gasteiger charge is -1.93. The number of nitrogens with two attached hydrogens (primary N) is 2. The van der Waals surface area contributed by atoms with Crippen LogP contribution in [0.1, 0.15) is 5.82 Å². The number of hydrogen-bond donors (Lipinski definition) is 2. The Morgan fingerprint density at radius 1 is 1.75 bits per heavy atom. The van der Waals surface area contributed by atoms with Crippen LogP contribution in [0.25, 0.3) is 0 Å². The molecule has 0 fully saturated rings. The molecule has 0 aromatic carbocycles. The van der Waals surface area contributed by atoms with Gasteiger partial charge in [-0.05, 0) is 0 Å². The predicted octanol–water partition coefficient (Wildman–Crippen LogP) is -0.944. The highest BCUT2D eigenvalue weighted by atomic mass is 15.3. The monoisotopic (exact) mass is 112 g/mol. The Hall–Kier alpha value is -1.03. The van der Waals surface area contributed by atoms with Gasteiger partial charge in [-0.2, -0.15) is 0 Å². The fourth-order valence-electron chi connectivity index (χ4n) is 0.502. The summed E-state index contributed by atoms with van der Waals surface area (Å²) in [6.45, 7) is 0.392. The maximum absolute atomic E-state index is 5.33. The molecule has 1 heterocycles. The highest BCUT2D eigenvalue weighted by Gasteiger charge is 1.91. The van der Waals surface area contributed by atoms with Gasteiger partial charge in [-0.15, -0.1) is 0 Å². The van der Waals surface area contributed by atoms with Crippen LogP contribution < -0.4 is 11.6 Å². The van der Waals surface area contributed by atoms with Crippen LogP contribution in [0.3, 0.4) is 0 Å². The number of hydrogen-bond acceptors (Lipinski definition) is 3. The van der Waals surface area contributed by atoms with E-state index in [4.69, 9.17) is 11.6 Å². The molecule has 0 radical (unpaired) electrons. The molecule has 0 bridgehead atoms. The van der Waals surface area contributed by atoms with Crippen LogP contribution in [0.2, 0.25) is 0 Å². The quantitative estimate of drug-likeness (QED) is 0.460. The second kappa shape index (κ2) is 1.83. The van der Waals surface area contributed by atoms with Gasteiger partial charge in [0.15, 0.2) is 0 Å². The Balaban J connectivity index is 2.92. The zero-order valence-electron chi connectivity index (χ0n) is 4.41. The number of nitrogen functional groups attached to an aromatic ring is 1. The molecule has 1 aromatic heterocycles. The van der Waals surface area contributed by atoms with Crippen molar-refractivity contribution in [2.45, 2.75) is 6.54 Å². The Bertz CT molecular complexity index is 168. The van der Waals surface area contributed by atoms with E-state index in [0.717, 1.165) is 0 Å². The molecule has 0 amide bonds. The summed E-state index contributed by atoms with van der Waals surface area (Å²) in [5.41, 5.74) is 5.23. The van der Waals surface area contributed by atoms with E-state index < -0.39 is 0 Å². The lowest BCUT2D eigenvalue weighted by molar-refractivity contribution is 0.839. The van der Waals surface area contributed by atoms with Gasteiger partial charge >= 0.3 is 0 Å². The number of imidazole rings is 1. The first-order valence-corrected chi connectivity index (χ1v) is 2.32. The summed E-state index contributed by atoms with van der Waals surface area (Å²) in [5.74, 6) is 6.02. The van der Waals surface area contributed by atoms with Crippen LogP contribution in [0.5, 0.6) is 0 Å². The molecular formula is C4H8N4. The fraction of sp³-hybridized carbons (Fsp3) is 0.250. The van der Waals surface area contributed by atoms with Gasteiger partial charge in [-0.3, -0.25) is 4.68 Å². The van der Waals surface area contributed by atoms with E-state index in [-0.39, 0.29) is 0 Å². The first-order valence-electron chi connectivity index (χ1n) is 2.32. The van der Waals surface area contributed by atoms with Gasteiger partial charge in [0.25, 0.3) is 0 Å². The lowest BCUT2D eigenvalue weighted by Crippen LogP contribution is -2.14. The predicted molar refractivity (Wildman–Crippen MR) is 30.3 cm³/mol. The SMILES string of the molecule is NCc1nccn1N. The van der Waals surface area contributed by atoms with Crippen LogP contribution in [-0.2, 0) is 6.54 Å². The second-order valence-electron chi connectivity index (χ2n) is 1.45. The van der Waals surface area contributed by atoms with Crippen LogP contribution in [0.15, 0.2) is 12.4 Å². The first-order chi connectivity index (χ1) is 3.84. The highest BCUT2D eigenvalue weighted by Crippen LogP contribution is 1.86. The minimum absolute atomic E-state index is 0.392. The fourth-order valence-corrected chi connectivity index (χ4v) is 0.502. The first kappa shape index (κ1) is 5.11. The van der Waals surface area contributed by atoms with Crippen LogP contribution in [0.4, 0.5) is 0 Å². The highest BCUT2D eigenvalue weighted by molar-refractivity contribution is 4.90. The Morgan fingerprint density at radius 2 is 2.50 bits per heavy atom. The van der Waals surface area contributed by atoms with E-state index in [2.05, 4.69) is 4.98 Å². The maximum atomic E-state index is 5.33. The molecule has 0 saturated heterocycles. The van der Waals surface area contributed by atoms with Crippen molar-refractivity contribution >= 4 is 0 Å². The third kappa shape index (κ3) is 0.651. The Kier molecular flexibility index (Phi) is 1.17. The summed E-state index contributed by atoms with van der Waals surface area (Å²) in [6.07, 6.45) is 3.27. The number of nitrogens with zero attached hydrogens (tertiary/aromatic N) is 2. The van der Waals surface area contributed by atoms with Crippen LogP contribution in [-0.4, -0.2) is 9.66 Å². The molecule has 4 N–H and O–H groups in total. The Labute approximate surface area is 47.1 Å². The van der Waals surface area contributed by atoms with Crippen molar-refractivity contribution < 1.29 is 0 Å². The van der Waals surface area contributed by atoms with Crippen molar-refractivity contribution in [3.05, 3.63) is 18.2 Å². The summed E-state index contributed by atoms with van der Waals surface area (Å²) >= 11 is 0. The summed E-state index contributed by atoms with van der Waals surface area (Å²) < 4.78 is 1.40. The summed E-state index contributed by atoms with van der Waals surface area (Å²) in [6, 6.07) is 0. The normalized spacial score (nSPS) is 9.62. The van der Waals surface area contributed by atoms with Gasteiger partial charge in [0.1, 0.15) is 5.82 Å². The summed E-state index contributed by atoms with van der Waals surface area (Å²) in [4.78, 5) is 3.85. The van der Waals surface area contributed by atoms with Crippen molar-refractivity contribution in [3.63, 3.8) is 0 Å². The molecule has 0 unspecified atom stereocenters. The van der Waals surface area contributed by atoms with Crippen molar-refractivity contribution in [3.8, 4) is 0 Å². The molecule has 44 valence electrons. The topological polar surface area (TPSA) is 69.9 Å². The molecule has 1 aromatic rings. The van der Waals surface area contributed by atoms with Crippen molar-refractivity contribution in [2.24, 2.45) is 5.73 Å². The van der Waals surface area contributed by atoms with Gasteiger partial charge in [0.2, 0.25) is 0 Å². The minimum atomic E-state index is 0.392. The average Bonchev–Trinajstić information content (AvgIpc) is 2.14. The van der Waals surface area contributed by atoms with Gasteiger partial charge in [-0.25, -0.2) is 4.98 Å². The number of aromatic nitrogens is 2. The molecule has 1 rings (SSSR count). The zero-order valence-corrected chi connectivity index (χ0v) is 4.41. The Morgan fingerprint density at radius 3 is 2.75 bits per heavy atom. The molecule has 8 heavy (non-hydrogen) atoms. The molecule has 4 nitrogen and oxygen atoms in total. The second-order valence-corrected chi connectivity index (χ2v) is 1.45. The molecule has 0 atom stereocenters. The molecule has 0 aliphatic heterocycles. The molecule has 0 saturated carbocycles. The van der Waals surface area contributed by atoms with E-state index in [1.807, 2.05) is 0 Å². The van der Waals surface area contributed by atoms with Gasteiger partial charge in [0, 0.05) is 12.4 Å². The average molecular weight is 112 g/mol. The summed E-state index contributed by atoms with van der Waals surface area (Å²) in [7, 11) is 0.